The summed E-state index contributed by atoms with van der Waals surface area (Å²) in [6.07, 6.45) is 6.37. The molecular formula is C16H19N3O. The molecular weight excluding hydrogens is 250 g/mol. The van der Waals surface area contributed by atoms with Gasteiger partial charge in [-0.25, -0.2) is 4.79 Å². The molecule has 2 N–H and O–H groups in total. The SMILES string of the molecule is NC1=NC(=O)N(C2CC2)C12CCCCc1ccccc12. The Balaban J connectivity index is 1.93. The molecule has 1 spiro atoms. The van der Waals surface area contributed by atoms with Crippen molar-refractivity contribution in [2.75, 3.05) is 0 Å². The number of hydrogen-bond acceptors (Lipinski definition) is 2. The summed E-state index contributed by atoms with van der Waals surface area (Å²) in [5.41, 5.74) is 8.32. The van der Waals surface area contributed by atoms with Crippen LogP contribution in [0.1, 0.15) is 43.2 Å². The van der Waals surface area contributed by atoms with Crippen LogP contribution in [0, 0.1) is 0 Å². The Morgan fingerprint density at radius 1 is 1.25 bits per heavy atom. The van der Waals surface area contributed by atoms with Gasteiger partial charge in [0.25, 0.3) is 0 Å². The number of nitrogens with zero attached hydrogens (tertiary/aromatic N) is 2. The van der Waals surface area contributed by atoms with Crippen LogP contribution in [0.5, 0.6) is 0 Å². The Hall–Kier alpha value is -1.84. The maximum atomic E-state index is 12.3. The molecule has 1 atom stereocenters. The summed E-state index contributed by atoms with van der Waals surface area (Å²) in [4.78, 5) is 18.4. The first kappa shape index (κ1) is 11.9. The number of fused-ring (bicyclic) bond motifs is 2. The highest BCUT2D eigenvalue weighted by atomic mass is 16.2. The first-order chi connectivity index (χ1) is 9.73. The van der Waals surface area contributed by atoms with Crippen LogP contribution in [0.4, 0.5) is 4.79 Å². The predicted octanol–water partition coefficient (Wildman–Crippen LogP) is 2.56. The van der Waals surface area contributed by atoms with Crippen LogP contribution in [0.25, 0.3) is 0 Å². The molecule has 2 amide bonds. The van der Waals surface area contributed by atoms with Gasteiger partial charge in [0.2, 0.25) is 0 Å². The molecule has 1 unspecified atom stereocenters. The lowest BCUT2D eigenvalue weighted by Gasteiger charge is -2.39. The predicted molar refractivity (Wildman–Crippen MR) is 77.6 cm³/mol. The molecule has 3 aliphatic rings. The third kappa shape index (κ3) is 1.48. The van der Waals surface area contributed by atoms with Gasteiger partial charge in [-0.2, -0.15) is 4.99 Å². The van der Waals surface area contributed by atoms with Gasteiger partial charge in [-0.3, -0.25) is 0 Å². The molecule has 1 aliphatic heterocycles. The van der Waals surface area contributed by atoms with E-state index in [1.54, 1.807) is 0 Å². The third-order valence-corrected chi connectivity index (χ3v) is 4.87. The second-order valence-corrected chi connectivity index (χ2v) is 6.11. The quantitative estimate of drug-likeness (QED) is 0.851. The number of aryl methyl sites for hydroxylation is 1. The van der Waals surface area contributed by atoms with E-state index in [-0.39, 0.29) is 6.03 Å². The summed E-state index contributed by atoms with van der Waals surface area (Å²) < 4.78 is 0. The van der Waals surface area contributed by atoms with Crippen LogP contribution in [0.3, 0.4) is 0 Å². The van der Waals surface area contributed by atoms with Crippen molar-refractivity contribution in [3.05, 3.63) is 35.4 Å². The van der Waals surface area contributed by atoms with Crippen molar-refractivity contribution < 1.29 is 4.79 Å². The fourth-order valence-corrected chi connectivity index (χ4v) is 3.83. The Kier molecular flexibility index (Phi) is 2.43. The smallest absolute Gasteiger partial charge is 0.346 e. The van der Waals surface area contributed by atoms with Crippen molar-refractivity contribution in [3.63, 3.8) is 0 Å². The first-order valence-corrected chi connectivity index (χ1v) is 7.50. The molecule has 4 nitrogen and oxygen atoms in total. The highest BCUT2D eigenvalue weighted by Crippen LogP contribution is 2.47. The molecule has 4 rings (SSSR count). The van der Waals surface area contributed by atoms with E-state index in [0.29, 0.717) is 11.9 Å². The summed E-state index contributed by atoms with van der Waals surface area (Å²) in [6, 6.07) is 8.62. The van der Waals surface area contributed by atoms with E-state index in [2.05, 4.69) is 23.2 Å². The van der Waals surface area contributed by atoms with Gasteiger partial charge < -0.3 is 10.6 Å². The summed E-state index contributed by atoms with van der Waals surface area (Å²) in [5.74, 6) is 0.503. The number of hydrogen-bond donors (Lipinski definition) is 1. The van der Waals surface area contributed by atoms with Gasteiger partial charge in [-0.05, 0) is 49.7 Å². The van der Waals surface area contributed by atoms with Crippen molar-refractivity contribution in [2.24, 2.45) is 10.7 Å². The number of rotatable bonds is 1. The topological polar surface area (TPSA) is 58.7 Å². The average molecular weight is 269 g/mol. The Bertz CT molecular complexity index is 605. The van der Waals surface area contributed by atoms with Crippen molar-refractivity contribution >= 4 is 11.9 Å². The number of nitrogens with two attached hydrogens (primary N) is 1. The molecule has 0 saturated heterocycles. The van der Waals surface area contributed by atoms with E-state index in [1.165, 1.54) is 11.1 Å². The summed E-state index contributed by atoms with van der Waals surface area (Å²) in [5, 5.41) is 0. The standard InChI is InChI=1S/C16H19N3O/c17-14-16(19(12-8-9-12)15(20)18-14)10-4-3-6-11-5-1-2-7-13(11)16/h1-2,5,7,12H,3-4,6,8-10H2,(H2,17,18,20). The van der Waals surface area contributed by atoms with E-state index in [0.717, 1.165) is 38.5 Å². The van der Waals surface area contributed by atoms with Crippen LogP contribution in [-0.4, -0.2) is 22.8 Å². The van der Waals surface area contributed by atoms with Crippen molar-refractivity contribution in [1.29, 1.82) is 0 Å². The Morgan fingerprint density at radius 2 is 2.05 bits per heavy atom. The fraction of sp³-hybridized carbons (Fsp3) is 0.500. The molecule has 0 radical (unpaired) electrons. The minimum absolute atomic E-state index is 0.137. The second-order valence-electron chi connectivity index (χ2n) is 6.11. The number of amides is 2. The second kappa shape index (κ2) is 4.08. The monoisotopic (exact) mass is 269 g/mol. The van der Waals surface area contributed by atoms with Crippen LogP contribution >= 0.6 is 0 Å². The Morgan fingerprint density at radius 3 is 2.85 bits per heavy atom. The number of aliphatic imine (C=N–C) groups is 1. The van der Waals surface area contributed by atoms with E-state index in [4.69, 9.17) is 5.73 Å². The highest BCUT2D eigenvalue weighted by Gasteiger charge is 2.55. The Labute approximate surface area is 118 Å². The molecule has 1 fully saturated rings. The molecule has 1 heterocycles. The summed E-state index contributed by atoms with van der Waals surface area (Å²) >= 11 is 0. The fourth-order valence-electron chi connectivity index (χ4n) is 3.83. The minimum atomic E-state index is -0.467. The lowest BCUT2D eigenvalue weighted by molar-refractivity contribution is 0.158. The number of amidine groups is 1. The molecule has 1 aromatic rings. The number of carbonyl (C=O) groups is 1. The maximum Gasteiger partial charge on any atom is 0.346 e. The summed E-state index contributed by atoms with van der Waals surface area (Å²) in [7, 11) is 0. The van der Waals surface area contributed by atoms with Crippen LogP contribution < -0.4 is 5.73 Å². The largest absolute Gasteiger partial charge is 0.385 e. The number of urea groups is 1. The number of carbonyl (C=O) groups excluding carboxylic acids is 1. The van der Waals surface area contributed by atoms with Gasteiger partial charge >= 0.3 is 6.03 Å². The van der Waals surface area contributed by atoms with E-state index in [9.17, 15) is 4.79 Å². The minimum Gasteiger partial charge on any atom is -0.385 e. The van der Waals surface area contributed by atoms with Crippen LogP contribution in [0.15, 0.2) is 29.3 Å². The van der Waals surface area contributed by atoms with Gasteiger partial charge in [0.05, 0.1) is 0 Å². The number of benzene rings is 1. The lowest BCUT2D eigenvalue weighted by Crippen LogP contribution is -2.52. The maximum absolute atomic E-state index is 12.3. The van der Waals surface area contributed by atoms with Crippen molar-refractivity contribution in [2.45, 2.75) is 50.1 Å². The van der Waals surface area contributed by atoms with Crippen molar-refractivity contribution in [3.8, 4) is 0 Å². The van der Waals surface area contributed by atoms with E-state index >= 15 is 0 Å². The van der Waals surface area contributed by atoms with Gasteiger partial charge in [0.1, 0.15) is 11.4 Å². The van der Waals surface area contributed by atoms with E-state index in [1.807, 2.05) is 11.0 Å². The molecule has 4 heteroatoms. The zero-order valence-corrected chi connectivity index (χ0v) is 11.5. The molecule has 2 aliphatic carbocycles. The molecule has 0 aromatic heterocycles. The first-order valence-electron chi connectivity index (χ1n) is 7.50. The zero-order valence-electron chi connectivity index (χ0n) is 11.5. The molecule has 1 saturated carbocycles. The van der Waals surface area contributed by atoms with Gasteiger partial charge in [-0.15, -0.1) is 0 Å². The van der Waals surface area contributed by atoms with Crippen LogP contribution in [-0.2, 0) is 12.0 Å². The van der Waals surface area contributed by atoms with Crippen molar-refractivity contribution in [1.82, 2.24) is 4.90 Å². The highest BCUT2D eigenvalue weighted by molar-refractivity contribution is 6.06. The molecule has 1 aromatic carbocycles. The lowest BCUT2D eigenvalue weighted by atomic mass is 9.82. The zero-order chi connectivity index (χ0) is 13.7. The molecule has 0 bridgehead atoms. The average Bonchev–Trinajstić information content (AvgIpc) is 3.24. The van der Waals surface area contributed by atoms with E-state index < -0.39 is 5.54 Å². The summed E-state index contributed by atoms with van der Waals surface area (Å²) in [6.45, 7) is 0. The van der Waals surface area contributed by atoms with Crippen LogP contribution in [0.2, 0.25) is 0 Å². The van der Waals surface area contributed by atoms with Gasteiger partial charge in [0.15, 0.2) is 0 Å². The van der Waals surface area contributed by atoms with Gasteiger partial charge in [-0.1, -0.05) is 24.3 Å². The van der Waals surface area contributed by atoms with Gasteiger partial charge in [0, 0.05) is 6.04 Å². The molecule has 20 heavy (non-hydrogen) atoms. The normalized spacial score (nSPS) is 29.3. The molecule has 104 valence electrons. The third-order valence-electron chi connectivity index (χ3n) is 4.87.